The molecule has 0 bridgehead atoms. The second kappa shape index (κ2) is 9.51. The van der Waals surface area contributed by atoms with Gasteiger partial charge in [0.15, 0.2) is 11.6 Å². The lowest BCUT2D eigenvalue weighted by atomic mass is 10.2. The predicted molar refractivity (Wildman–Crippen MR) is 125 cm³/mol. The fourth-order valence-electron chi connectivity index (χ4n) is 3.04. The Kier molecular flexibility index (Phi) is 6.69. The topological polar surface area (TPSA) is 109 Å². The molecule has 33 heavy (non-hydrogen) atoms. The molecular formula is C22H18Cl3FN4O3. The zero-order valence-electron chi connectivity index (χ0n) is 17.0. The quantitative estimate of drug-likeness (QED) is 0.322. The molecule has 172 valence electrons. The van der Waals surface area contributed by atoms with Crippen molar-refractivity contribution in [2.24, 2.45) is 0 Å². The zero-order valence-corrected chi connectivity index (χ0v) is 19.2. The Morgan fingerprint density at radius 1 is 1.09 bits per heavy atom. The standard InChI is InChI=1S/C22H18Cl3FN4O3/c23-11-5-12(27)7-14(6-11)33-20-15(24)4-1-10(18(20)26)9-28-22(32)19-16(25)8-17(30-19)21(31)29-13-2-3-13/h1,4-8,13,30H,2-3,9,27H2,(H,28,32)(H,29,31). The SMILES string of the molecule is Nc1cc(Cl)cc(Oc2c(Cl)ccc(CNC(=O)c3[nH]c(C(=O)NC4CC4)cc3Cl)c2F)c1. The summed E-state index contributed by atoms with van der Waals surface area (Å²) in [6.07, 6.45) is 1.85. The second-order valence-corrected chi connectivity index (χ2v) is 8.76. The summed E-state index contributed by atoms with van der Waals surface area (Å²) in [6, 6.07) is 8.85. The van der Waals surface area contributed by atoms with E-state index in [1.807, 2.05) is 0 Å². The van der Waals surface area contributed by atoms with Crippen molar-refractivity contribution in [3.63, 3.8) is 0 Å². The molecule has 0 saturated heterocycles. The molecule has 7 nitrogen and oxygen atoms in total. The maximum absolute atomic E-state index is 15.1. The third-order valence-electron chi connectivity index (χ3n) is 4.84. The smallest absolute Gasteiger partial charge is 0.269 e. The second-order valence-electron chi connectivity index (χ2n) is 7.51. The molecule has 0 radical (unpaired) electrons. The Balaban J connectivity index is 1.47. The third-order valence-corrected chi connectivity index (χ3v) is 5.65. The summed E-state index contributed by atoms with van der Waals surface area (Å²) in [5, 5.41) is 5.79. The van der Waals surface area contributed by atoms with Gasteiger partial charge in [0.25, 0.3) is 11.8 Å². The molecule has 2 aromatic carbocycles. The summed E-state index contributed by atoms with van der Waals surface area (Å²) in [4.78, 5) is 27.4. The van der Waals surface area contributed by atoms with Crippen molar-refractivity contribution >= 4 is 52.3 Å². The fourth-order valence-corrected chi connectivity index (χ4v) is 3.70. The van der Waals surface area contributed by atoms with Crippen molar-refractivity contribution in [2.75, 3.05) is 5.73 Å². The van der Waals surface area contributed by atoms with Gasteiger partial charge >= 0.3 is 0 Å². The average molecular weight is 512 g/mol. The summed E-state index contributed by atoms with van der Waals surface area (Å²) in [6.45, 7) is -0.186. The normalized spacial score (nSPS) is 13.0. The first-order valence-electron chi connectivity index (χ1n) is 9.89. The molecule has 4 rings (SSSR count). The van der Waals surface area contributed by atoms with Crippen LogP contribution in [0.4, 0.5) is 10.1 Å². The van der Waals surface area contributed by atoms with E-state index in [2.05, 4.69) is 15.6 Å². The zero-order chi connectivity index (χ0) is 23.7. The molecule has 1 saturated carbocycles. The molecular weight excluding hydrogens is 494 g/mol. The van der Waals surface area contributed by atoms with Gasteiger partial charge in [-0.05, 0) is 37.1 Å². The molecule has 0 aliphatic heterocycles. The predicted octanol–water partition coefficient (Wildman–Crippen LogP) is 5.31. The molecule has 0 unspecified atom stereocenters. The molecule has 1 fully saturated rings. The first-order chi connectivity index (χ1) is 15.7. The van der Waals surface area contributed by atoms with Crippen molar-refractivity contribution in [1.82, 2.24) is 15.6 Å². The van der Waals surface area contributed by atoms with Crippen LogP contribution in [0, 0.1) is 5.82 Å². The lowest BCUT2D eigenvalue weighted by Crippen LogP contribution is -2.26. The van der Waals surface area contributed by atoms with Crippen molar-refractivity contribution in [3.8, 4) is 11.5 Å². The maximum atomic E-state index is 15.1. The number of benzene rings is 2. The largest absolute Gasteiger partial charge is 0.453 e. The number of aromatic nitrogens is 1. The number of hydrogen-bond donors (Lipinski definition) is 4. The number of aromatic amines is 1. The van der Waals surface area contributed by atoms with Crippen molar-refractivity contribution in [2.45, 2.75) is 25.4 Å². The number of H-pyrrole nitrogens is 1. The highest BCUT2D eigenvalue weighted by Crippen LogP contribution is 2.35. The van der Waals surface area contributed by atoms with Gasteiger partial charge < -0.3 is 26.1 Å². The molecule has 3 aromatic rings. The number of nitrogens with two attached hydrogens (primary N) is 1. The van der Waals surface area contributed by atoms with Gasteiger partial charge in [-0.3, -0.25) is 9.59 Å². The average Bonchev–Trinajstić information content (AvgIpc) is 3.47. The summed E-state index contributed by atoms with van der Waals surface area (Å²) < 4.78 is 20.6. The lowest BCUT2D eigenvalue weighted by molar-refractivity contribution is 0.0945. The fraction of sp³-hybridized carbons (Fsp3) is 0.182. The minimum Gasteiger partial charge on any atom is -0.453 e. The molecule has 1 aliphatic carbocycles. The third kappa shape index (κ3) is 5.52. The molecule has 1 aromatic heterocycles. The molecule has 11 heteroatoms. The number of carbonyl (C=O) groups excluding carboxylic acids is 2. The Hall–Kier alpha value is -2.94. The maximum Gasteiger partial charge on any atom is 0.269 e. The lowest BCUT2D eigenvalue weighted by Gasteiger charge is -2.13. The minimum absolute atomic E-state index is 0.00198. The van der Waals surface area contributed by atoms with Crippen LogP contribution in [0.3, 0.4) is 0 Å². The Morgan fingerprint density at radius 3 is 2.55 bits per heavy atom. The number of hydrogen-bond acceptors (Lipinski definition) is 4. The number of amides is 2. The number of anilines is 1. The van der Waals surface area contributed by atoms with Crippen molar-refractivity contribution < 1.29 is 18.7 Å². The van der Waals surface area contributed by atoms with E-state index in [1.54, 1.807) is 0 Å². The van der Waals surface area contributed by atoms with E-state index < -0.39 is 11.7 Å². The van der Waals surface area contributed by atoms with Gasteiger partial charge in [0, 0.05) is 34.9 Å². The van der Waals surface area contributed by atoms with Crippen molar-refractivity contribution in [1.29, 1.82) is 0 Å². The molecule has 2 amide bonds. The molecule has 1 heterocycles. The summed E-state index contributed by atoms with van der Waals surface area (Å²) in [7, 11) is 0. The molecule has 5 N–H and O–H groups in total. The van der Waals surface area contributed by atoms with Crippen LogP contribution in [0.25, 0.3) is 0 Å². The van der Waals surface area contributed by atoms with Crippen LogP contribution in [0.2, 0.25) is 15.1 Å². The number of halogens is 4. The van der Waals surface area contributed by atoms with E-state index in [9.17, 15) is 9.59 Å². The highest BCUT2D eigenvalue weighted by Gasteiger charge is 2.26. The number of nitrogens with one attached hydrogen (secondary N) is 3. The van der Waals surface area contributed by atoms with Crippen LogP contribution in [-0.2, 0) is 6.54 Å². The van der Waals surface area contributed by atoms with Crippen molar-refractivity contribution in [3.05, 3.63) is 74.2 Å². The van der Waals surface area contributed by atoms with Gasteiger partial charge in [-0.2, -0.15) is 0 Å². The number of rotatable bonds is 7. The molecule has 1 aliphatic rings. The van der Waals surface area contributed by atoms with Crippen LogP contribution >= 0.6 is 34.8 Å². The van der Waals surface area contributed by atoms with Crippen LogP contribution in [-0.4, -0.2) is 22.8 Å². The van der Waals surface area contributed by atoms with Gasteiger partial charge in [0.05, 0.1) is 10.0 Å². The van der Waals surface area contributed by atoms with Gasteiger partial charge in [-0.25, -0.2) is 4.39 Å². The summed E-state index contributed by atoms with van der Waals surface area (Å²) in [5.74, 6) is -1.74. The first kappa shape index (κ1) is 23.2. The first-order valence-corrected chi connectivity index (χ1v) is 11.0. The Morgan fingerprint density at radius 2 is 1.85 bits per heavy atom. The van der Waals surface area contributed by atoms with Crippen LogP contribution in [0.5, 0.6) is 11.5 Å². The van der Waals surface area contributed by atoms with E-state index in [4.69, 9.17) is 45.3 Å². The van der Waals surface area contributed by atoms with Crippen LogP contribution < -0.4 is 21.1 Å². The van der Waals surface area contributed by atoms with E-state index in [-0.39, 0.29) is 57.0 Å². The molecule has 0 atom stereocenters. The monoisotopic (exact) mass is 510 g/mol. The van der Waals surface area contributed by atoms with E-state index in [1.165, 1.54) is 36.4 Å². The number of ether oxygens (including phenoxy) is 1. The van der Waals surface area contributed by atoms with Gasteiger partial charge in [-0.1, -0.05) is 40.9 Å². The Bertz CT molecular complexity index is 1220. The highest BCUT2D eigenvalue weighted by molar-refractivity contribution is 6.34. The van der Waals surface area contributed by atoms with E-state index >= 15 is 4.39 Å². The van der Waals surface area contributed by atoms with Gasteiger partial charge in [0.2, 0.25) is 0 Å². The van der Waals surface area contributed by atoms with E-state index in [0.29, 0.717) is 10.7 Å². The summed E-state index contributed by atoms with van der Waals surface area (Å²) in [5.41, 5.74) is 6.36. The van der Waals surface area contributed by atoms with Gasteiger partial charge in [-0.15, -0.1) is 0 Å². The van der Waals surface area contributed by atoms with Gasteiger partial charge in [0.1, 0.15) is 17.1 Å². The molecule has 0 spiro atoms. The van der Waals surface area contributed by atoms with Crippen LogP contribution in [0.15, 0.2) is 36.4 Å². The minimum atomic E-state index is -0.761. The number of nitrogen functional groups attached to an aromatic ring is 1. The number of carbonyl (C=O) groups is 2. The van der Waals surface area contributed by atoms with E-state index in [0.717, 1.165) is 12.8 Å². The summed E-state index contributed by atoms with van der Waals surface area (Å²) >= 11 is 18.2. The van der Waals surface area contributed by atoms with Crippen LogP contribution in [0.1, 0.15) is 39.4 Å². The highest BCUT2D eigenvalue weighted by atomic mass is 35.5. The Labute approximate surface area is 203 Å².